The van der Waals surface area contributed by atoms with Gasteiger partial charge in [0.25, 0.3) is 0 Å². The van der Waals surface area contributed by atoms with Crippen molar-refractivity contribution >= 4 is 29.0 Å². The van der Waals surface area contributed by atoms with Gasteiger partial charge in [-0.1, -0.05) is 0 Å². The fourth-order valence-corrected chi connectivity index (χ4v) is 0.683. The maximum atomic E-state index is 10.5. The van der Waals surface area contributed by atoms with Gasteiger partial charge >= 0.3 is 5.97 Å². The van der Waals surface area contributed by atoms with Gasteiger partial charge in [-0.25, -0.2) is 4.79 Å². The number of Topliss-reactive ketones (excluding diaryl/α,β-unsaturated/α-hetero) is 1. The van der Waals surface area contributed by atoms with E-state index in [2.05, 4.69) is 17.0 Å². The molecule has 0 aliphatic rings. The second-order valence-corrected chi connectivity index (χ2v) is 2.66. The maximum absolute atomic E-state index is 10.5. The van der Waals surface area contributed by atoms with Crippen molar-refractivity contribution in [1.29, 1.82) is 0 Å². The minimum atomic E-state index is -0.788. The summed E-state index contributed by atoms with van der Waals surface area (Å²) in [6.45, 7) is 0.733. The molecule has 0 saturated heterocycles. The Kier molecular flexibility index (Phi) is 5.40. The van der Waals surface area contributed by atoms with Crippen LogP contribution in [-0.4, -0.2) is 28.5 Å². The third-order valence-electron chi connectivity index (χ3n) is 1.04. The van der Waals surface area contributed by atoms with Crippen LogP contribution in [0.15, 0.2) is 0 Å². The monoisotopic (exact) mass is 190 g/mol. The van der Waals surface area contributed by atoms with E-state index in [9.17, 15) is 9.59 Å². The molecule has 0 saturated carbocycles. The molecule has 1 N–H and O–H groups in total. The zero-order valence-electron chi connectivity index (χ0n) is 6.70. The quantitative estimate of drug-likeness (QED) is 0.507. The van der Waals surface area contributed by atoms with Gasteiger partial charge < -0.3 is 14.6 Å². The predicted octanol–water partition coefficient (Wildman–Crippen LogP) is 0.218. The van der Waals surface area contributed by atoms with Crippen molar-refractivity contribution in [3.63, 3.8) is 0 Å². The predicted molar refractivity (Wildman–Crippen MR) is 45.7 cm³/mol. The third kappa shape index (κ3) is 5.94. The molecule has 0 heterocycles. The van der Waals surface area contributed by atoms with Crippen molar-refractivity contribution in [3.8, 4) is 0 Å². The van der Waals surface area contributed by atoms with E-state index in [1.807, 2.05) is 0 Å². The van der Waals surface area contributed by atoms with Gasteiger partial charge in [-0.15, -0.1) is 0 Å². The molecule has 0 unspecified atom stereocenters. The SMILES string of the molecule is CC(=O)CCC(=S)OC(=O)CO. The van der Waals surface area contributed by atoms with Crippen molar-refractivity contribution in [2.45, 2.75) is 19.8 Å². The second-order valence-electron chi connectivity index (χ2n) is 2.21. The van der Waals surface area contributed by atoms with Gasteiger partial charge in [0.1, 0.15) is 12.4 Å². The first-order valence-corrected chi connectivity index (χ1v) is 3.81. The standard InChI is InChI=1S/C7H10O4S/c1-5(9)2-3-7(12)11-6(10)4-8/h8H,2-4H2,1H3. The lowest BCUT2D eigenvalue weighted by Crippen LogP contribution is -2.14. The number of hydrogen-bond donors (Lipinski definition) is 1. The maximum Gasteiger partial charge on any atom is 0.337 e. The van der Waals surface area contributed by atoms with Crippen LogP contribution in [0.3, 0.4) is 0 Å². The molecule has 0 aromatic rings. The van der Waals surface area contributed by atoms with E-state index in [0.717, 1.165) is 0 Å². The molecule has 0 aliphatic carbocycles. The summed E-state index contributed by atoms with van der Waals surface area (Å²) >= 11 is 4.61. The number of aliphatic hydroxyl groups is 1. The van der Waals surface area contributed by atoms with Crippen LogP contribution < -0.4 is 0 Å². The lowest BCUT2D eigenvalue weighted by Gasteiger charge is -2.01. The van der Waals surface area contributed by atoms with E-state index in [1.54, 1.807) is 0 Å². The highest BCUT2D eigenvalue weighted by atomic mass is 32.1. The molecule has 5 heteroatoms. The normalized spacial score (nSPS) is 9.17. The first kappa shape index (κ1) is 11.2. The fraction of sp³-hybridized carbons (Fsp3) is 0.571. The molecule has 0 aromatic heterocycles. The van der Waals surface area contributed by atoms with Gasteiger partial charge in [-0.2, -0.15) is 0 Å². The van der Waals surface area contributed by atoms with Crippen molar-refractivity contribution in [1.82, 2.24) is 0 Å². The third-order valence-corrected chi connectivity index (χ3v) is 1.33. The van der Waals surface area contributed by atoms with Crippen LogP contribution in [0, 0.1) is 0 Å². The van der Waals surface area contributed by atoms with E-state index < -0.39 is 12.6 Å². The van der Waals surface area contributed by atoms with Crippen LogP contribution in [-0.2, 0) is 14.3 Å². The van der Waals surface area contributed by atoms with Crippen LogP contribution in [0.25, 0.3) is 0 Å². The van der Waals surface area contributed by atoms with Crippen molar-refractivity contribution < 1.29 is 19.4 Å². The lowest BCUT2D eigenvalue weighted by atomic mass is 10.2. The number of esters is 1. The van der Waals surface area contributed by atoms with E-state index in [0.29, 0.717) is 0 Å². The number of carbonyl (C=O) groups is 2. The van der Waals surface area contributed by atoms with Crippen molar-refractivity contribution in [3.05, 3.63) is 0 Å². The smallest absolute Gasteiger partial charge is 0.337 e. The van der Waals surface area contributed by atoms with Crippen LogP contribution >= 0.6 is 12.2 Å². The Labute approximate surface area is 75.5 Å². The summed E-state index contributed by atoms with van der Waals surface area (Å²) in [7, 11) is 0. The highest BCUT2D eigenvalue weighted by molar-refractivity contribution is 7.80. The van der Waals surface area contributed by atoms with E-state index in [4.69, 9.17) is 5.11 Å². The van der Waals surface area contributed by atoms with E-state index >= 15 is 0 Å². The summed E-state index contributed by atoms with van der Waals surface area (Å²) < 4.78 is 4.44. The summed E-state index contributed by atoms with van der Waals surface area (Å²) in [5.41, 5.74) is 0. The molecule has 4 nitrogen and oxygen atoms in total. The molecular weight excluding hydrogens is 180 g/mol. The number of hydrogen-bond acceptors (Lipinski definition) is 5. The van der Waals surface area contributed by atoms with E-state index in [-0.39, 0.29) is 23.7 Å². The zero-order chi connectivity index (χ0) is 9.56. The van der Waals surface area contributed by atoms with Crippen molar-refractivity contribution in [2.24, 2.45) is 0 Å². The lowest BCUT2D eigenvalue weighted by molar-refractivity contribution is -0.138. The summed E-state index contributed by atoms with van der Waals surface area (Å²) in [6, 6.07) is 0. The largest absolute Gasteiger partial charge is 0.417 e. The number of rotatable bonds is 4. The van der Waals surface area contributed by atoms with Crippen LogP contribution in [0.5, 0.6) is 0 Å². The Bertz CT molecular complexity index is 200. The number of ketones is 1. The highest BCUT2D eigenvalue weighted by Gasteiger charge is 2.05. The molecule has 0 aromatic carbocycles. The summed E-state index contributed by atoms with van der Waals surface area (Å²) in [5.74, 6) is -0.805. The number of aliphatic hydroxyl groups excluding tert-OH is 1. The second kappa shape index (κ2) is 5.79. The van der Waals surface area contributed by atoms with Gasteiger partial charge in [0.15, 0.2) is 5.05 Å². The molecular formula is C7H10O4S. The topological polar surface area (TPSA) is 63.6 Å². The Morgan fingerprint density at radius 1 is 1.42 bits per heavy atom. The number of ether oxygens (including phenoxy) is 1. The molecule has 0 aliphatic heterocycles. The van der Waals surface area contributed by atoms with Gasteiger partial charge in [0.2, 0.25) is 0 Å². The molecule has 12 heavy (non-hydrogen) atoms. The van der Waals surface area contributed by atoms with Crippen LogP contribution in [0.2, 0.25) is 0 Å². The number of carbonyl (C=O) groups excluding carboxylic acids is 2. The Balaban J connectivity index is 3.60. The molecule has 0 amide bonds. The molecule has 0 rings (SSSR count). The summed E-state index contributed by atoms with van der Waals surface area (Å²) in [5, 5.41) is 8.31. The Morgan fingerprint density at radius 3 is 2.42 bits per heavy atom. The summed E-state index contributed by atoms with van der Waals surface area (Å²) in [4.78, 5) is 20.9. The highest BCUT2D eigenvalue weighted by Crippen LogP contribution is 1.96. The molecule has 0 bridgehead atoms. The first-order valence-electron chi connectivity index (χ1n) is 3.40. The van der Waals surface area contributed by atoms with E-state index in [1.165, 1.54) is 6.92 Å². The Hall–Kier alpha value is -0.810. The van der Waals surface area contributed by atoms with Crippen molar-refractivity contribution in [2.75, 3.05) is 6.61 Å². The van der Waals surface area contributed by atoms with Crippen LogP contribution in [0.1, 0.15) is 19.8 Å². The average molecular weight is 190 g/mol. The minimum absolute atomic E-state index is 0.0163. The first-order chi connectivity index (χ1) is 5.56. The summed E-state index contributed by atoms with van der Waals surface area (Å²) in [6.07, 6.45) is 0.508. The van der Waals surface area contributed by atoms with Gasteiger partial charge in [-0.05, 0) is 19.1 Å². The molecule has 68 valence electrons. The molecule has 0 spiro atoms. The van der Waals surface area contributed by atoms with Gasteiger partial charge in [0.05, 0.1) is 0 Å². The molecule has 0 fully saturated rings. The molecule has 0 radical (unpaired) electrons. The Morgan fingerprint density at radius 2 is 2.00 bits per heavy atom. The fourth-order valence-electron chi connectivity index (χ4n) is 0.488. The average Bonchev–Trinajstić information content (AvgIpc) is 2.00. The van der Waals surface area contributed by atoms with Gasteiger partial charge in [0, 0.05) is 12.8 Å². The minimum Gasteiger partial charge on any atom is -0.417 e. The molecule has 0 atom stereocenters. The van der Waals surface area contributed by atoms with Crippen LogP contribution in [0.4, 0.5) is 0 Å². The number of thiocarbonyl (C=S) groups is 1. The van der Waals surface area contributed by atoms with Gasteiger partial charge in [-0.3, -0.25) is 0 Å². The zero-order valence-corrected chi connectivity index (χ0v) is 7.52.